The second-order valence-electron chi connectivity index (χ2n) is 5.06. The fourth-order valence-electron chi connectivity index (χ4n) is 2.29. The van der Waals surface area contributed by atoms with E-state index in [-0.39, 0.29) is 0 Å². The number of aromatic nitrogens is 2. The molecule has 2 heteroatoms. The molecule has 0 unspecified atom stereocenters. The van der Waals surface area contributed by atoms with Crippen molar-refractivity contribution in [3.8, 4) is 0 Å². The molecule has 0 amide bonds. The van der Waals surface area contributed by atoms with Gasteiger partial charge in [0.25, 0.3) is 0 Å². The number of benzene rings is 1. The van der Waals surface area contributed by atoms with Gasteiger partial charge in [-0.05, 0) is 17.4 Å². The molecule has 1 heterocycles. The lowest BCUT2D eigenvalue weighted by atomic mass is 9.98. The predicted molar refractivity (Wildman–Crippen MR) is 68.9 cm³/mol. The van der Waals surface area contributed by atoms with Crippen molar-refractivity contribution in [2.45, 2.75) is 39.5 Å². The molecule has 1 aromatic heterocycles. The van der Waals surface area contributed by atoms with E-state index in [9.17, 15) is 0 Å². The highest BCUT2D eigenvalue weighted by molar-refractivity contribution is 5.85. The minimum Gasteiger partial charge on any atom is -0.267 e. The Hall–Kier alpha value is -1.31. The van der Waals surface area contributed by atoms with Crippen molar-refractivity contribution in [3.05, 3.63) is 29.5 Å². The van der Waals surface area contributed by atoms with Crippen LogP contribution >= 0.6 is 0 Å². The standard InChI is InChI=1S/C14H20N2/c1-9(2)11-7-6-8-12-13(10(3)4)15-16(5)14(11)12/h6-10H,1-5H3. The van der Waals surface area contributed by atoms with E-state index < -0.39 is 0 Å². The lowest BCUT2D eigenvalue weighted by molar-refractivity contribution is 0.724. The summed E-state index contributed by atoms with van der Waals surface area (Å²) in [6.45, 7) is 8.86. The predicted octanol–water partition coefficient (Wildman–Crippen LogP) is 3.82. The molecule has 86 valence electrons. The smallest absolute Gasteiger partial charge is 0.0728 e. The monoisotopic (exact) mass is 216 g/mol. The minimum atomic E-state index is 0.478. The van der Waals surface area contributed by atoms with Crippen LogP contribution in [-0.4, -0.2) is 9.78 Å². The topological polar surface area (TPSA) is 17.8 Å². The summed E-state index contributed by atoms with van der Waals surface area (Å²) in [5.74, 6) is 1.02. The fraction of sp³-hybridized carbons (Fsp3) is 0.500. The summed E-state index contributed by atoms with van der Waals surface area (Å²) in [5, 5.41) is 5.96. The van der Waals surface area contributed by atoms with Crippen molar-refractivity contribution in [1.29, 1.82) is 0 Å². The number of aryl methyl sites for hydroxylation is 1. The van der Waals surface area contributed by atoms with Crippen molar-refractivity contribution >= 4 is 10.9 Å². The van der Waals surface area contributed by atoms with Crippen LogP contribution in [0.1, 0.15) is 50.8 Å². The van der Waals surface area contributed by atoms with Gasteiger partial charge in [0.05, 0.1) is 11.2 Å². The zero-order valence-corrected chi connectivity index (χ0v) is 10.8. The Morgan fingerprint density at radius 2 is 1.75 bits per heavy atom. The molecule has 0 bridgehead atoms. The number of rotatable bonds is 2. The van der Waals surface area contributed by atoms with E-state index in [1.807, 2.05) is 11.7 Å². The minimum absolute atomic E-state index is 0.478. The van der Waals surface area contributed by atoms with E-state index in [0.29, 0.717) is 11.8 Å². The first-order valence-electron chi connectivity index (χ1n) is 5.98. The molecule has 2 nitrogen and oxygen atoms in total. The van der Waals surface area contributed by atoms with Crippen LogP contribution in [0.4, 0.5) is 0 Å². The fourth-order valence-corrected chi connectivity index (χ4v) is 2.29. The van der Waals surface area contributed by atoms with E-state index in [2.05, 4.69) is 51.0 Å². The summed E-state index contributed by atoms with van der Waals surface area (Å²) in [5.41, 5.74) is 3.89. The molecule has 0 aliphatic carbocycles. The van der Waals surface area contributed by atoms with Gasteiger partial charge in [0.2, 0.25) is 0 Å². The summed E-state index contributed by atoms with van der Waals surface area (Å²) < 4.78 is 2.03. The average Bonchev–Trinajstić information content (AvgIpc) is 2.56. The van der Waals surface area contributed by atoms with Crippen LogP contribution in [0.5, 0.6) is 0 Å². The zero-order valence-electron chi connectivity index (χ0n) is 10.8. The molecule has 2 rings (SSSR count). The Balaban J connectivity index is 2.79. The zero-order chi connectivity index (χ0) is 11.9. The first-order valence-corrected chi connectivity index (χ1v) is 5.98. The van der Waals surface area contributed by atoms with Crippen LogP contribution in [-0.2, 0) is 7.05 Å². The third-order valence-corrected chi connectivity index (χ3v) is 3.09. The summed E-state index contributed by atoms with van der Waals surface area (Å²) in [7, 11) is 2.04. The summed E-state index contributed by atoms with van der Waals surface area (Å²) in [6, 6.07) is 6.54. The van der Waals surface area contributed by atoms with Gasteiger partial charge in [0, 0.05) is 12.4 Å². The Kier molecular flexibility index (Phi) is 2.75. The van der Waals surface area contributed by atoms with Crippen molar-refractivity contribution in [3.63, 3.8) is 0 Å². The maximum Gasteiger partial charge on any atom is 0.0728 e. The molecule has 0 spiro atoms. The highest BCUT2D eigenvalue weighted by Crippen LogP contribution is 2.30. The SMILES string of the molecule is CC(C)c1nn(C)c2c(C(C)C)cccc12. The first-order chi connectivity index (χ1) is 7.52. The van der Waals surface area contributed by atoms with Gasteiger partial charge in [-0.15, -0.1) is 0 Å². The molecule has 2 aromatic rings. The van der Waals surface area contributed by atoms with Gasteiger partial charge >= 0.3 is 0 Å². The molecule has 0 radical (unpaired) electrons. The molecular formula is C14H20N2. The van der Waals surface area contributed by atoms with E-state index in [1.54, 1.807) is 0 Å². The average molecular weight is 216 g/mol. The Bertz CT molecular complexity index is 507. The first kappa shape index (κ1) is 11.2. The van der Waals surface area contributed by atoms with Gasteiger partial charge in [0.15, 0.2) is 0 Å². The van der Waals surface area contributed by atoms with Crippen LogP contribution in [0.2, 0.25) is 0 Å². The van der Waals surface area contributed by atoms with Crippen molar-refractivity contribution < 1.29 is 0 Å². The van der Waals surface area contributed by atoms with Gasteiger partial charge in [-0.1, -0.05) is 45.9 Å². The van der Waals surface area contributed by atoms with Gasteiger partial charge < -0.3 is 0 Å². The molecule has 0 saturated heterocycles. The van der Waals surface area contributed by atoms with E-state index in [1.165, 1.54) is 22.2 Å². The van der Waals surface area contributed by atoms with Crippen LogP contribution in [0.15, 0.2) is 18.2 Å². The molecule has 0 fully saturated rings. The van der Waals surface area contributed by atoms with Crippen molar-refractivity contribution in [2.75, 3.05) is 0 Å². The van der Waals surface area contributed by atoms with E-state index in [0.717, 1.165) is 0 Å². The Morgan fingerprint density at radius 3 is 2.31 bits per heavy atom. The molecule has 1 aromatic carbocycles. The number of nitrogens with zero attached hydrogens (tertiary/aromatic N) is 2. The summed E-state index contributed by atoms with van der Waals surface area (Å²) in [4.78, 5) is 0. The maximum absolute atomic E-state index is 4.65. The molecule has 16 heavy (non-hydrogen) atoms. The molecule has 0 aliphatic heterocycles. The van der Waals surface area contributed by atoms with Crippen molar-refractivity contribution in [1.82, 2.24) is 9.78 Å². The quantitative estimate of drug-likeness (QED) is 0.746. The Labute approximate surface area is 97.3 Å². The third kappa shape index (κ3) is 1.62. The van der Waals surface area contributed by atoms with Crippen molar-refractivity contribution in [2.24, 2.45) is 7.05 Å². The van der Waals surface area contributed by atoms with Gasteiger partial charge in [-0.2, -0.15) is 5.10 Å². The molecule has 0 atom stereocenters. The number of fused-ring (bicyclic) bond motifs is 1. The maximum atomic E-state index is 4.65. The highest BCUT2D eigenvalue weighted by Gasteiger charge is 2.15. The van der Waals surface area contributed by atoms with E-state index >= 15 is 0 Å². The second-order valence-corrected chi connectivity index (χ2v) is 5.06. The Morgan fingerprint density at radius 1 is 1.06 bits per heavy atom. The van der Waals surface area contributed by atoms with Crippen LogP contribution in [0, 0.1) is 0 Å². The van der Waals surface area contributed by atoms with E-state index in [4.69, 9.17) is 0 Å². The van der Waals surface area contributed by atoms with Gasteiger partial charge in [0.1, 0.15) is 0 Å². The number of hydrogen-bond acceptors (Lipinski definition) is 1. The van der Waals surface area contributed by atoms with Crippen LogP contribution in [0.3, 0.4) is 0 Å². The molecule has 0 aliphatic rings. The van der Waals surface area contributed by atoms with Gasteiger partial charge in [-0.3, -0.25) is 4.68 Å². The lowest BCUT2D eigenvalue weighted by Gasteiger charge is -2.08. The summed E-state index contributed by atoms with van der Waals surface area (Å²) >= 11 is 0. The molecule has 0 saturated carbocycles. The van der Waals surface area contributed by atoms with Crippen LogP contribution in [0.25, 0.3) is 10.9 Å². The van der Waals surface area contributed by atoms with Gasteiger partial charge in [-0.25, -0.2) is 0 Å². The third-order valence-electron chi connectivity index (χ3n) is 3.09. The lowest BCUT2D eigenvalue weighted by Crippen LogP contribution is -1.96. The normalized spacial score (nSPS) is 11.9. The number of para-hydroxylation sites is 1. The van der Waals surface area contributed by atoms with Crippen LogP contribution < -0.4 is 0 Å². The molecule has 0 N–H and O–H groups in total. The molecular weight excluding hydrogens is 196 g/mol. The highest BCUT2D eigenvalue weighted by atomic mass is 15.3. The number of hydrogen-bond donors (Lipinski definition) is 0. The summed E-state index contributed by atoms with van der Waals surface area (Å²) in [6.07, 6.45) is 0. The second kappa shape index (κ2) is 3.93. The largest absolute Gasteiger partial charge is 0.267 e.